The molecule has 1 aliphatic heterocycles. The van der Waals surface area contributed by atoms with Crippen molar-refractivity contribution in [3.05, 3.63) is 125 Å². The SMILES string of the molecule is COc1ccc(CN2C(=O)c3ccccc3C2=O)cc1C(=O)Nc1cccc(/C=C/c2ccccn2)c1. The van der Waals surface area contributed by atoms with Gasteiger partial charge in [0.15, 0.2) is 0 Å². The van der Waals surface area contributed by atoms with E-state index in [9.17, 15) is 14.4 Å². The zero-order valence-electron chi connectivity index (χ0n) is 20.0. The van der Waals surface area contributed by atoms with Crippen LogP contribution >= 0.6 is 0 Å². The number of nitrogens with zero attached hydrogens (tertiary/aromatic N) is 2. The predicted octanol–water partition coefficient (Wildman–Crippen LogP) is 5.31. The van der Waals surface area contributed by atoms with Crippen molar-refractivity contribution in [1.29, 1.82) is 0 Å². The number of hydrogen-bond acceptors (Lipinski definition) is 5. The van der Waals surface area contributed by atoms with Gasteiger partial charge in [0.2, 0.25) is 0 Å². The summed E-state index contributed by atoms with van der Waals surface area (Å²) in [5.74, 6) is -0.683. The van der Waals surface area contributed by atoms with E-state index in [1.54, 1.807) is 54.7 Å². The molecule has 37 heavy (non-hydrogen) atoms. The number of anilines is 1. The number of benzene rings is 3. The van der Waals surface area contributed by atoms with Crippen molar-refractivity contribution in [1.82, 2.24) is 9.88 Å². The molecule has 7 nitrogen and oxygen atoms in total. The topological polar surface area (TPSA) is 88.6 Å². The van der Waals surface area contributed by atoms with E-state index in [2.05, 4.69) is 10.3 Å². The van der Waals surface area contributed by atoms with Crippen LogP contribution in [0.4, 0.5) is 5.69 Å². The van der Waals surface area contributed by atoms with Gasteiger partial charge < -0.3 is 10.1 Å². The van der Waals surface area contributed by atoms with Crippen LogP contribution in [0.5, 0.6) is 5.75 Å². The first kappa shape index (κ1) is 23.7. The zero-order chi connectivity index (χ0) is 25.8. The number of nitrogens with one attached hydrogen (secondary N) is 1. The van der Waals surface area contributed by atoms with Crippen LogP contribution in [0.15, 0.2) is 91.1 Å². The molecule has 0 fully saturated rings. The van der Waals surface area contributed by atoms with Crippen LogP contribution < -0.4 is 10.1 Å². The number of methoxy groups -OCH3 is 1. The Morgan fingerprint density at radius 1 is 0.892 bits per heavy atom. The number of amides is 3. The first-order valence-electron chi connectivity index (χ1n) is 11.7. The summed E-state index contributed by atoms with van der Waals surface area (Å²) in [4.78, 5) is 44.2. The lowest BCUT2D eigenvalue weighted by Crippen LogP contribution is -2.29. The lowest BCUT2D eigenvalue weighted by molar-refractivity contribution is 0.0642. The maximum Gasteiger partial charge on any atom is 0.261 e. The molecule has 0 saturated heterocycles. The Morgan fingerprint density at radius 2 is 1.65 bits per heavy atom. The van der Waals surface area contributed by atoms with Crippen LogP contribution in [-0.2, 0) is 6.54 Å². The lowest BCUT2D eigenvalue weighted by atomic mass is 10.1. The predicted molar refractivity (Wildman–Crippen MR) is 141 cm³/mol. The van der Waals surface area contributed by atoms with Crippen molar-refractivity contribution >= 4 is 35.6 Å². The van der Waals surface area contributed by atoms with Crippen LogP contribution in [0.25, 0.3) is 12.2 Å². The number of pyridine rings is 1. The van der Waals surface area contributed by atoms with Crippen molar-refractivity contribution in [2.24, 2.45) is 0 Å². The number of carbonyl (C=O) groups excluding carboxylic acids is 3. The van der Waals surface area contributed by atoms with E-state index in [0.29, 0.717) is 33.7 Å². The quantitative estimate of drug-likeness (QED) is 0.356. The van der Waals surface area contributed by atoms with Gasteiger partial charge in [0.05, 0.1) is 36.0 Å². The Labute approximate surface area is 214 Å². The van der Waals surface area contributed by atoms with E-state index in [4.69, 9.17) is 4.74 Å². The van der Waals surface area contributed by atoms with Gasteiger partial charge >= 0.3 is 0 Å². The molecule has 0 atom stereocenters. The highest BCUT2D eigenvalue weighted by Gasteiger charge is 2.35. The molecule has 7 heteroatoms. The maximum atomic E-state index is 13.2. The molecule has 0 spiro atoms. The Bertz CT molecular complexity index is 1490. The average Bonchev–Trinajstić information content (AvgIpc) is 3.17. The lowest BCUT2D eigenvalue weighted by Gasteiger charge is -2.16. The molecule has 0 saturated carbocycles. The summed E-state index contributed by atoms with van der Waals surface area (Å²) in [5.41, 5.74) is 4.04. The fourth-order valence-corrected chi connectivity index (χ4v) is 4.17. The van der Waals surface area contributed by atoms with Gasteiger partial charge in [-0.25, -0.2) is 0 Å². The fourth-order valence-electron chi connectivity index (χ4n) is 4.17. The second kappa shape index (κ2) is 10.3. The van der Waals surface area contributed by atoms with E-state index in [-0.39, 0.29) is 24.3 Å². The minimum atomic E-state index is -0.369. The summed E-state index contributed by atoms with van der Waals surface area (Å²) < 4.78 is 5.41. The summed E-state index contributed by atoms with van der Waals surface area (Å²) in [7, 11) is 1.49. The van der Waals surface area contributed by atoms with Crippen LogP contribution in [0.3, 0.4) is 0 Å². The molecular formula is C30H23N3O4. The molecule has 0 aliphatic carbocycles. The standard InChI is InChI=1S/C30H23N3O4/c1-37-27-15-13-21(19-33-29(35)24-10-2-3-11-25(24)30(33)36)18-26(27)28(34)32-23-9-6-7-20(17-23)12-14-22-8-4-5-16-31-22/h2-18H,19H2,1H3,(H,32,34)/b14-12+. The highest BCUT2D eigenvalue weighted by atomic mass is 16.5. The number of aromatic nitrogens is 1. The molecule has 0 radical (unpaired) electrons. The highest BCUT2D eigenvalue weighted by Crippen LogP contribution is 2.27. The van der Waals surface area contributed by atoms with E-state index in [1.165, 1.54) is 12.0 Å². The van der Waals surface area contributed by atoms with Crippen molar-refractivity contribution in [3.63, 3.8) is 0 Å². The van der Waals surface area contributed by atoms with E-state index in [0.717, 1.165) is 11.3 Å². The molecule has 2 heterocycles. The second-order valence-electron chi connectivity index (χ2n) is 8.44. The molecule has 182 valence electrons. The fraction of sp³-hybridized carbons (Fsp3) is 0.0667. The molecule has 3 amide bonds. The van der Waals surface area contributed by atoms with Gasteiger partial charge in [-0.3, -0.25) is 24.3 Å². The summed E-state index contributed by atoms with van der Waals surface area (Å²) in [5, 5.41) is 2.91. The van der Waals surface area contributed by atoms with Gasteiger partial charge in [-0.15, -0.1) is 0 Å². The number of rotatable bonds is 7. The van der Waals surface area contributed by atoms with Gasteiger partial charge in [0, 0.05) is 11.9 Å². The van der Waals surface area contributed by atoms with Gasteiger partial charge in [-0.1, -0.05) is 42.5 Å². The smallest absolute Gasteiger partial charge is 0.261 e. The van der Waals surface area contributed by atoms with Crippen molar-refractivity contribution in [2.45, 2.75) is 6.54 Å². The molecule has 1 aliphatic rings. The third kappa shape index (κ3) is 5.01. The minimum absolute atomic E-state index is 0.0461. The first-order valence-corrected chi connectivity index (χ1v) is 11.7. The Morgan fingerprint density at radius 3 is 2.35 bits per heavy atom. The average molecular weight is 490 g/mol. The van der Waals surface area contributed by atoms with E-state index >= 15 is 0 Å². The summed E-state index contributed by atoms with van der Waals surface area (Å²) >= 11 is 0. The molecule has 1 N–H and O–H groups in total. The molecule has 3 aromatic carbocycles. The molecule has 4 aromatic rings. The number of imide groups is 1. The Kier molecular flexibility index (Phi) is 6.59. The van der Waals surface area contributed by atoms with Crippen LogP contribution in [-0.4, -0.2) is 34.7 Å². The minimum Gasteiger partial charge on any atom is -0.496 e. The van der Waals surface area contributed by atoms with Crippen molar-refractivity contribution < 1.29 is 19.1 Å². The molecular weight excluding hydrogens is 466 g/mol. The van der Waals surface area contributed by atoms with Crippen molar-refractivity contribution in [2.75, 3.05) is 12.4 Å². The van der Waals surface area contributed by atoms with Crippen LogP contribution in [0.1, 0.15) is 47.9 Å². The van der Waals surface area contributed by atoms with Crippen molar-refractivity contribution in [3.8, 4) is 5.75 Å². The van der Waals surface area contributed by atoms with E-state index in [1.807, 2.05) is 48.6 Å². The Hall–Kier alpha value is -5.04. The van der Waals surface area contributed by atoms with Gasteiger partial charge in [0.25, 0.3) is 17.7 Å². The monoisotopic (exact) mass is 489 g/mol. The third-order valence-electron chi connectivity index (χ3n) is 6.01. The number of fused-ring (bicyclic) bond motifs is 1. The molecule has 5 rings (SSSR count). The number of ether oxygens (including phenoxy) is 1. The third-order valence-corrected chi connectivity index (χ3v) is 6.01. The zero-order valence-corrected chi connectivity index (χ0v) is 20.0. The largest absolute Gasteiger partial charge is 0.496 e. The van der Waals surface area contributed by atoms with Gasteiger partial charge in [-0.2, -0.15) is 0 Å². The first-order chi connectivity index (χ1) is 18.0. The normalized spacial score (nSPS) is 12.6. The summed E-state index contributed by atoms with van der Waals surface area (Å²) in [6.45, 7) is 0.0461. The van der Waals surface area contributed by atoms with Gasteiger partial charge in [-0.05, 0) is 65.7 Å². The van der Waals surface area contributed by atoms with Crippen LogP contribution in [0, 0.1) is 0 Å². The molecule has 0 bridgehead atoms. The Balaban J connectivity index is 1.34. The molecule has 1 aromatic heterocycles. The highest BCUT2D eigenvalue weighted by molar-refractivity contribution is 6.21. The number of carbonyl (C=O) groups is 3. The second-order valence-corrected chi connectivity index (χ2v) is 8.44. The van der Waals surface area contributed by atoms with Gasteiger partial charge in [0.1, 0.15) is 5.75 Å². The summed E-state index contributed by atoms with van der Waals surface area (Å²) in [6, 6.07) is 24.9. The maximum absolute atomic E-state index is 13.2. The summed E-state index contributed by atoms with van der Waals surface area (Å²) in [6.07, 6.45) is 5.54. The molecule has 0 unspecified atom stereocenters. The van der Waals surface area contributed by atoms with Crippen LogP contribution in [0.2, 0.25) is 0 Å². The number of hydrogen-bond donors (Lipinski definition) is 1. The van der Waals surface area contributed by atoms with E-state index < -0.39 is 0 Å².